The predicted octanol–water partition coefficient (Wildman–Crippen LogP) is 3.80. The van der Waals surface area contributed by atoms with Crippen LogP contribution in [0, 0.1) is 13.8 Å². The van der Waals surface area contributed by atoms with E-state index < -0.39 is 10.0 Å². The van der Waals surface area contributed by atoms with E-state index >= 15 is 0 Å². The van der Waals surface area contributed by atoms with Gasteiger partial charge in [-0.1, -0.05) is 6.42 Å². The van der Waals surface area contributed by atoms with Crippen molar-refractivity contribution in [2.24, 2.45) is 0 Å². The van der Waals surface area contributed by atoms with Crippen molar-refractivity contribution in [2.45, 2.75) is 38.0 Å². The lowest BCUT2D eigenvalue weighted by molar-refractivity contribution is 0.103. The molecule has 1 aromatic heterocycles. The number of ether oxygens (including phenoxy) is 1. The molecule has 0 aliphatic carbocycles. The maximum Gasteiger partial charge on any atom is 0.265 e. The molecular formula is C19H24N2O4S2. The molecule has 0 saturated carbocycles. The number of nitrogens with zero attached hydrogens (tertiary/aromatic N) is 1. The van der Waals surface area contributed by atoms with Gasteiger partial charge in [0.05, 0.1) is 12.0 Å². The summed E-state index contributed by atoms with van der Waals surface area (Å²) in [5.41, 5.74) is 1.49. The largest absolute Gasteiger partial charge is 0.495 e. The number of methoxy groups -OCH3 is 1. The Morgan fingerprint density at radius 1 is 1.15 bits per heavy atom. The molecule has 2 aromatic rings. The first kappa shape index (κ1) is 19.9. The van der Waals surface area contributed by atoms with Crippen molar-refractivity contribution in [1.82, 2.24) is 4.31 Å². The summed E-state index contributed by atoms with van der Waals surface area (Å²) in [4.78, 5) is 14.3. The Balaban J connectivity index is 1.90. The molecule has 1 N–H and O–H groups in total. The molecule has 3 rings (SSSR count). The lowest BCUT2D eigenvalue weighted by Gasteiger charge is -2.26. The summed E-state index contributed by atoms with van der Waals surface area (Å²) in [6.45, 7) is 4.94. The van der Waals surface area contributed by atoms with Gasteiger partial charge in [0.1, 0.15) is 10.6 Å². The summed E-state index contributed by atoms with van der Waals surface area (Å²) in [5.74, 6) is 0.0315. The number of amides is 1. The van der Waals surface area contributed by atoms with Crippen LogP contribution < -0.4 is 10.1 Å². The van der Waals surface area contributed by atoms with E-state index in [-0.39, 0.29) is 16.6 Å². The summed E-state index contributed by atoms with van der Waals surface area (Å²) in [7, 11) is -2.23. The van der Waals surface area contributed by atoms with Crippen molar-refractivity contribution in [3.63, 3.8) is 0 Å². The zero-order valence-corrected chi connectivity index (χ0v) is 17.4. The Morgan fingerprint density at radius 3 is 2.44 bits per heavy atom. The summed E-state index contributed by atoms with van der Waals surface area (Å²) in [6.07, 6.45) is 2.75. The topological polar surface area (TPSA) is 75.7 Å². The molecular weight excluding hydrogens is 384 g/mol. The Kier molecular flexibility index (Phi) is 5.88. The van der Waals surface area contributed by atoms with Crippen molar-refractivity contribution in [3.05, 3.63) is 39.6 Å². The summed E-state index contributed by atoms with van der Waals surface area (Å²) >= 11 is 1.42. The van der Waals surface area contributed by atoms with Crippen molar-refractivity contribution >= 4 is 33.0 Å². The number of piperidine rings is 1. The van der Waals surface area contributed by atoms with E-state index in [1.807, 2.05) is 19.9 Å². The Hall–Kier alpha value is -1.90. The van der Waals surface area contributed by atoms with Crippen LogP contribution in [0.4, 0.5) is 5.69 Å². The molecule has 0 unspecified atom stereocenters. The van der Waals surface area contributed by atoms with Gasteiger partial charge in [-0.3, -0.25) is 4.79 Å². The van der Waals surface area contributed by atoms with Crippen molar-refractivity contribution in [3.8, 4) is 5.75 Å². The van der Waals surface area contributed by atoms with Gasteiger partial charge in [-0.25, -0.2) is 8.42 Å². The molecule has 27 heavy (non-hydrogen) atoms. The normalized spacial score (nSPS) is 15.5. The number of sulfonamides is 1. The maximum absolute atomic E-state index is 13.1. The van der Waals surface area contributed by atoms with Crippen molar-refractivity contribution < 1.29 is 17.9 Å². The zero-order chi connectivity index (χ0) is 19.6. The third-order valence-corrected chi connectivity index (χ3v) is 7.82. The molecule has 2 heterocycles. The number of anilines is 1. The molecule has 0 radical (unpaired) electrons. The molecule has 6 nitrogen and oxygen atoms in total. The number of nitrogens with one attached hydrogen (secondary N) is 1. The first-order valence-corrected chi connectivity index (χ1v) is 11.1. The van der Waals surface area contributed by atoms with Crippen LogP contribution in [-0.2, 0) is 10.0 Å². The van der Waals surface area contributed by atoms with Gasteiger partial charge in [-0.05, 0) is 56.5 Å². The van der Waals surface area contributed by atoms with Crippen LogP contribution in [0.15, 0.2) is 29.2 Å². The van der Waals surface area contributed by atoms with Gasteiger partial charge in [0.15, 0.2) is 0 Å². The molecule has 1 saturated heterocycles. The van der Waals surface area contributed by atoms with Gasteiger partial charge >= 0.3 is 0 Å². The van der Waals surface area contributed by atoms with Gasteiger partial charge in [0.25, 0.3) is 5.91 Å². The molecule has 0 atom stereocenters. The van der Waals surface area contributed by atoms with E-state index in [1.54, 1.807) is 12.1 Å². The molecule has 1 aliphatic rings. The molecule has 1 aliphatic heterocycles. The number of aryl methyl sites for hydroxylation is 2. The average molecular weight is 409 g/mol. The van der Waals surface area contributed by atoms with Crippen LogP contribution in [0.5, 0.6) is 5.75 Å². The van der Waals surface area contributed by atoms with E-state index in [0.717, 1.165) is 29.7 Å². The number of carbonyl (C=O) groups is 1. The van der Waals surface area contributed by atoms with Crippen molar-refractivity contribution in [2.75, 3.05) is 25.5 Å². The van der Waals surface area contributed by atoms with Crippen LogP contribution in [0.3, 0.4) is 0 Å². The second-order valence-electron chi connectivity index (χ2n) is 6.63. The van der Waals surface area contributed by atoms with E-state index in [1.165, 1.54) is 28.8 Å². The average Bonchev–Trinajstić information content (AvgIpc) is 3.01. The lowest BCUT2D eigenvalue weighted by Crippen LogP contribution is -2.35. The molecule has 0 spiro atoms. The first-order chi connectivity index (χ1) is 12.8. The Labute approximate surface area is 164 Å². The van der Waals surface area contributed by atoms with Crippen LogP contribution >= 0.6 is 11.3 Å². The van der Waals surface area contributed by atoms with Gasteiger partial charge < -0.3 is 10.1 Å². The lowest BCUT2D eigenvalue weighted by atomic mass is 10.2. The first-order valence-electron chi connectivity index (χ1n) is 8.89. The minimum atomic E-state index is -3.67. The highest BCUT2D eigenvalue weighted by Gasteiger charge is 2.29. The van der Waals surface area contributed by atoms with Gasteiger partial charge in [-0.2, -0.15) is 4.31 Å². The number of benzene rings is 1. The molecule has 1 fully saturated rings. The zero-order valence-electron chi connectivity index (χ0n) is 15.7. The monoisotopic (exact) mass is 408 g/mol. The SMILES string of the molecule is COc1ccc(NC(=O)c2cc(C)c(C)s2)cc1S(=O)(=O)N1CCCCC1. The Bertz CT molecular complexity index is 925. The molecule has 1 aromatic carbocycles. The third-order valence-electron chi connectivity index (χ3n) is 4.74. The number of hydrogen-bond acceptors (Lipinski definition) is 5. The van der Waals surface area contributed by atoms with Crippen LogP contribution in [0.2, 0.25) is 0 Å². The maximum atomic E-state index is 13.1. The van der Waals surface area contributed by atoms with Crippen LogP contribution in [-0.4, -0.2) is 38.8 Å². The second-order valence-corrected chi connectivity index (χ2v) is 9.80. The number of thiophene rings is 1. The minimum Gasteiger partial charge on any atom is -0.495 e. The fourth-order valence-corrected chi connectivity index (χ4v) is 5.71. The van der Waals surface area contributed by atoms with E-state index in [0.29, 0.717) is 23.7 Å². The van der Waals surface area contributed by atoms with Gasteiger partial charge in [0, 0.05) is 23.7 Å². The van der Waals surface area contributed by atoms with Crippen LogP contribution in [0.25, 0.3) is 0 Å². The highest BCUT2D eigenvalue weighted by molar-refractivity contribution is 7.89. The number of carbonyl (C=O) groups excluding carboxylic acids is 1. The number of rotatable bonds is 5. The quantitative estimate of drug-likeness (QED) is 0.816. The van der Waals surface area contributed by atoms with E-state index in [2.05, 4.69) is 5.32 Å². The van der Waals surface area contributed by atoms with Crippen molar-refractivity contribution in [1.29, 1.82) is 0 Å². The Morgan fingerprint density at radius 2 is 1.85 bits per heavy atom. The smallest absolute Gasteiger partial charge is 0.265 e. The van der Waals surface area contributed by atoms with Crippen LogP contribution in [0.1, 0.15) is 39.4 Å². The molecule has 8 heteroatoms. The fourth-order valence-electron chi connectivity index (χ4n) is 3.08. The minimum absolute atomic E-state index is 0.0863. The van der Waals surface area contributed by atoms with E-state index in [9.17, 15) is 13.2 Å². The highest BCUT2D eigenvalue weighted by Crippen LogP contribution is 2.31. The summed E-state index contributed by atoms with van der Waals surface area (Å²) < 4.78 is 32.9. The second kappa shape index (κ2) is 8.00. The third kappa shape index (κ3) is 4.17. The number of hydrogen-bond donors (Lipinski definition) is 1. The summed E-state index contributed by atoms with van der Waals surface area (Å²) in [6, 6.07) is 6.55. The highest BCUT2D eigenvalue weighted by atomic mass is 32.2. The summed E-state index contributed by atoms with van der Waals surface area (Å²) in [5, 5.41) is 2.80. The molecule has 1 amide bonds. The predicted molar refractivity (Wildman–Crippen MR) is 107 cm³/mol. The molecule has 146 valence electrons. The van der Waals surface area contributed by atoms with Gasteiger partial charge in [-0.15, -0.1) is 11.3 Å². The molecule has 0 bridgehead atoms. The fraction of sp³-hybridized carbons (Fsp3) is 0.421. The standard InChI is InChI=1S/C19H24N2O4S2/c1-13-11-17(26-14(13)2)19(22)20-15-7-8-16(25-3)18(12-15)27(23,24)21-9-5-4-6-10-21/h7-8,11-12H,4-6,9-10H2,1-3H3,(H,20,22). The van der Waals surface area contributed by atoms with Gasteiger partial charge in [0.2, 0.25) is 10.0 Å². The van der Waals surface area contributed by atoms with E-state index in [4.69, 9.17) is 4.74 Å².